The molecule has 2 aliphatic rings. The van der Waals surface area contributed by atoms with Crippen molar-refractivity contribution in [2.45, 2.75) is 5.51 Å². The molecular weight excluding hydrogens is 557 g/mol. The lowest BCUT2D eigenvalue weighted by atomic mass is 10.2. The van der Waals surface area contributed by atoms with Crippen molar-refractivity contribution >= 4 is 27.2 Å². The second-order valence-electron chi connectivity index (χ2n) is 7.86. The highest BCUT2D eigenvalue weighted by atomic mass is 32.2. The number of methoxy groups -OCH3 is 2. The SMILES string of the molecule is C1COCCN1.[C-]#[N+]c1ccc(N2CCOCC2)c(OC)c1.[C-]#[N+]c1ccc(OS(=O)(=O)C(F)(F)F)c(OC)c1. The van der Waals surface area contributed by atoms with E-state index in [0.29, 0.717) is 5.69 Å². The molecule has 11 nitrogen and oxygen atoms in total. The zero-order chi connectivity index (χ0) is 29.6. The van der Waals surface area contributed by atoms with Crippen LogP contribution in [0, 0.1) is 13.1 Å². The Hall–Kier alpha value is -3.76. The van der Waals surface area contributed by atoms with Crippen molar-refractivity contribution < 1.29 is 44.7 Å². The van der Waals surface area contributed by atoms with Crippen LogP contribution >= 0.6 is 0 Å². The van der Waals surface area contributed by atoms with Gasteiger partial charge < -0.3 is 33.3 Å². The highest BCUT2D eigenvalue weighted by Gasteiger charge is 2.48. The summed E-state index contributed by atoms with van der Waals surface area (Å²) in [5.41, 5.74) is -3.81. The van der Waals surface area contributed by atoms with E-state index in [2.05, 4.69) is 28.8 Å². The normalized spacial score (nSPS) is 15.1. The number of rotatable bonds is 5. The van der Waals surface area contributed by atoms with E-state index in [1.807, 2.05) is 12.1 Å². The van der Waals surface area contributed by atoms with Gasteiger partial charge >= 0.3 is 15.6 Å². The number of halogens is 3. The van der Waals surface area contributed by atoms with Crippen LogP contribution in [0.4, 0.5) is 30.2 Å². The van der Waals surface area contributed by atoms with Gasteiger partial charge in [0.25, 0.3) is 0 Å². The predicted octanol–water partition coefficient (Wildman–Crippen LogP) is 4.16. The van der Waals surface area contributed by atoms with Crippen molar-refractivity contribution in [3.63, 3.8) is 0 Å². The quantitative estimate of drug-likeness (QED) is 0.314. The minimum atomic E-state index is -5.76. The smallest absolute Gasteiger partial charge is 0.496 e. The maximum Gasteiger partial charge on any atom is 0.534 e. The summed E-state index contributed by atoms with van der Waals surface area (Å²) in [5, 5.41) is 3.16. The average molecular weight is 587 g/mol. The third-order valence-electron chi connectivity index (χ3n) is 5.25. The maximum absolute atomic E-state index is 12.1. The summed E-state index contributed by atoms with van der Waals surface area (Å²) in [4.78, 5) is 8.62. The molecule has 2 aromatic rings. The van der Waals surface area contributed by atoms with Crippen LogP contribution < -0.4 is 23.9 Å². The number of nitrogens with zero attached hydrogens (tertiary/aromatic N) is 3. The van der Waals surface area contributed by atoms with Crippen LogP contribution in [-0.4, -0.2) is 80.8 Å². The molecule has 2 aromatic carbocycles. The van der Waals surface area contributed by atoms with Crippen LogP contribution in [-0.2, 0) is 19.6 Å². The van der Waals surface area contributed by atoms with Crippen LogP contribution in [0.15, 0.2) is 36.4 Å². The Morgan fingerprint density at radius 1 is 0.850 bits per heavy atom. The van der Waals surface area contributed by atoms with Crippen molar-refractivity contribution in [3.05, 3.63) is 59.2 Å². The molecule has 218 valence electrons. The summed E-state index contributed by atoms with van der Waals surface area (Å²) in [7, 11) is -3.02. The molecule has 2 heterocycles. The third-order valence-corrected chi connectivity index (χ3v) is 6.22. The molecule has 15 heteroatoms. The van der Waals surface area contributed by atoms with Gasteiger partial charge in [-0.2, -0.15) is 21.6 Å². The highest BCUT2D eigenvalue weighted by molar-refractivity contribution is 7.88. The monoisotopic (exact) mass is 586 g/mol. The average Bonchev–Trinajstić information content (AvgIpc) is 2.98. The first kappa shape index (κ1) is 32.5. The second-order valence-corrected chi connectivity index (χ2v) is 9.40. The topological polar surface area (TPSA) is 104 Å². The van der Waals surface area contributed by atoms with E-state index in [1.54, 1.807) is 13.2 Å². The van der Waals surface area contributed by atoms with Crippen LogP contribution in [0.25, 0.3) is 9.69 Å². The van der Waals surface area contributed by atoms with Crippen molar-refractivity contribution in [1.82, 2.24) is 5.32 Å². The van der Waals surface area contributed by atoms with Crippen molar-refractivity contribution in [1.29, 1.82) is 0 Å². The number of benzene rings is 2. The lowest BCUT2D eigenvalue weighted by Gasteiger charge is -2.30. The highest BCUT2D eigenvalue weighted by Crippen LogP contribution is 2.35. The van der Waals surface area contributed by atoms with E-state index in [1.165, 1.54) is 0 Å². The molecule has 0 radical (unpaired) electrons. The first-order valence-electron chi connectivity index (χ1n) is 11.8. The molecule has 0 aromatic heterocycles. The van der Waals surface area contributed by atoms with E-state index in [9.17, 15) is 21.6 Å². The number of anilines is 1. The second kappa shape index (κ2) is 15.7. The van der Waals surface area contributed by atoms with Gasteiger partial charge in [0, 0.05) is 26.2 Å². The molecule has 40 heavy (non-hydrogen) atoms. The molecule has 0 aliphatic carbocycles. The van der Waals surface area contributed by atoms with Crippen molar-refractivity contribution in [2.24, 2.45) is 0 Å². The largest absolute Gasteiger partial charge is 0.534 e. The van der Waals surface area contributed by atoms with Gasteiger partial charge in [-0.1, -0.05) is 12.1 Å². The summed E-state index contributed by atoms with van der Waals surface area (Å²) in [6.45, 7) is 20.7. The van der Waals surface area contributed by atoms with E-state index in [0.717, 1.165) is 89.4 Å². The molecule has 2 saturated heterocycles. The van der Waals surface area contributed by atoms with E-state index < -0.39 is 21.4 Å². The van der Waals surface area contributed by atoms with Crippen molar-refractivity contribution in [3.8, 4) is 17.2 Å². The van der Waals surface area contributed by atoms with E-state index >= 15 is 0 Å². The molecular formula is C25H29F3N4O7S. The number of alkyl halides is 3. The Morgan fingerprint density at radius 3 is 1.82 bits per heavy atom. The minimum absolute atomic E-state index is 0.0728. The number of hydrogen-bond acceptors (Lipinski definition) is 9. The molecule has 4 rings (SSSR count). The Balaban J connectivity index is 0.000000233. The van der Waals surface area contributed by atoms with Crippen LogP contribution in [0.1, 0.15) is 0 Å². The fraction of sp³-hybridized carbons (Fsp3) is 0.440. The number of ether oxygens (including phenoxy) is 4. The molecule has 0 atom stereocenters. The molecule has 0 unspecified atom stereocenters. The first-order valence-corrected chi connectivity index (χ1v) is 13.2. The number of hydrogen-bond donors (Lipinski definition) is 1. The fourth-order valence-corrected chi connectivity index (χ4v) is 3.75. The number of nitrogens with one attached hydrogen (secondary N) is 1. The summed E-state index contributed by atoms with van der Waals surface area (Å²) in [5.74, 6) is -0.158. The lowest BCUT2D eigenvalue weighted by molar-refractivity contribution is -0.0500. The van der Waals surface area contributed by atoms with Gasteiger partial charge in [0.1, 0.15) is 5.75 Å². The molecule has 0 saturated carbocycles. The van der Waals surface area contributed by atoms with Gasteiger partial charge in [0.2, 0.25) is 0 Å². The molecule has 1 N–H and O–H groups in total. The van der Waals surface area contributed by atoms with Gasteiger partial charge in [-0.25, -0.2) is 9.69 Å². The van der Waals surface area contributed by atoms with E-state index in [4.69, 9.17) is 27.4 Å². The zero-order valence-electron chi connectivity index (χ0n) is 21.9. The summed E-state index contributed by atoms with van der Waals surface area (Å²) in [6, 6.07) is 8.62. The molecule has 0 bridgehead atoms. The predicted molar refractivity (Wildman–Crippen MR) is 141 cm³/mol. The van der Waals surface area contributed by atoms with Gasteiger partial charge in [-0.05, 0) is 24.3 Å². The summed E-state index contributed by atoms with van der Waals surface area (Å²) in [6.07, 6.45) is 0. The van der Waals surface area contributed by atoms with Gasteiger partial charge in [-0.3, -0.25) is 0 Å². The lowest BCUT2D eigenvalue weighted by Crippen LogP contribution is -2.36. The van der Waals surface area contributed by atoms with Crippen LogP contribution in [0.5, 0.6) is 17.2 Å². The third kappa shape index (κ3) is 9.77. The molecule has 2 aliphatic heterocycles. The Kier molecular flexibility index (Phi) is 12.8. The number of morpholine rings is 2. The van der Waals surface area contributed by atoms with Crippen LogP contribution in [0.2, 0.25) is 0 Å². The Labute approximate surface area is 231 Å². The van der Waals surface area contributed by atoms with Gasteiger partial charge in [-0.15, -0.1) is 0 Å². The minimum Gasteiger partial charge on any atom is -0.496 e. The molecule has 0 spiro atoms. The van der Waals surface area contributed by atoms with E-state index in [-0.39, 0.29) is 11.4 Å². The first-order chi connectivity index (χ1) is 19.1. The van der Waals surface area contributed by atoms with Crippen LogP contribution in [0.3, 0.4) is 0 Å². The van der Waals surface area contributed by atoms with Gasteiger partial charge in [0.15, 0.2) is 22.9 Å². The fourth-order valence-electron chi connectivity index (χ4n) is 3.28. The van der Waals surface area contributed by atoms with Crippen molar-refractivity contribution in [2.75, 3.05) is 71.7 Å². The Bertz CT molecular complexity index is 1270. The maximum atomic E-state index is 12.1. The molecule has 0 amide bonds. The van der Waals surface area contributed by atoms with Gasteiger partial charge in [0.05, 0.1) is 59.5 Å². The summed E-state index contributed by atoms with van der Waals surface area (Å²) >= 11 is 0. The summed E-state index contributed by atoms with van der Waals surface area (Å²) < 4.78 is 82.0. The Morgan fingerprint density at radius 2 is 1.38 bits per heavy atom. The zero-order valence-corrected chi connectivity index (χ0v) is 22.7. The standard InChI is InChI=1S/C12H14N2O2.C9H6F3NO4S.C4H9NO/c1-13-10-3-4-11(12(9-10)15-2)14-5-7-16-8-6-14;1-13-6-3-4-7(8(5-6)16-2)17-18(14,15)9(10,11)12;1-3-6-4-2-5-1/h3-4,9H,5-8H2,2H3;3-5H,2H3;5H,1-4H2. The molecule has 2 fully saturated rings.